The van der Waals surface area contributed by atoms with Gasteiger partial charge in [-0.15, -0.1) is 0 Å². The maximum absolute atomic E-state index is 13.2. The van der Waals surface area contributed by atoms with E-state index < -0.39 is 5.97 Å². The fraction of sp³-hybridized carbons (Fsp3) is 0.350. The Labute approximate surface area is 141 Å². The maximum atomic E-state index is 13.2. The van der Waals surface area contributed by atoms with Crippen LogP contribution < -0.4 is 5.32 Å². The third-order valence-corrected chi connectivity index (χ3v) is 5.32. The van der Waals surface area contributed by atoms with Gasteiger partial charge in [-0.2, -0.15) is 0 Å². The molecular weight excluding hydrogens is 305 g/mol. The molecular formula is C20H22FNO2. The van der Waals surface area contributed by atoms with Gasteiger partial charge in [-0.3, -0.25) is 0 Å². The molecule has 1 fully saturated rings. The molecule has 24 heavy (non-hydrogen) atoms. The normalized spacial score (nSPS) is 16.0. The third kappa shape index (κ3) is 3.06. The second kappa shape index (κ2) is 6.02. The van der Waals surface area contributed by atoms with E-state index in [1.807, 2.05) is 18.2 Å². The Bertz CT molecular complexity index is 748. The monoisotopic (exact) mass is 327 g/mol. The van der Waals surface area contributed by atoms with E-state index in [0.717, 1.165) is 24.0 Å². The van der Waals surface area contributed by atoms with Crippen LogP contribution in [-0.4, -0.2) is 16.6 Å². The van der Waals surface area contributed by atoms with Gasteiger partial charge in [0.2, 0.25) is 0 Å². The molecule has 0 radical (unpaired) electrons. The number of aromatic carboxylic acids is 1. The number of carbonyl (C=O) groups is 1. The van der Waals surface area contributed by atoms with E-state index in [2.05, 4.69) is 19.2 Å². The number of carboxylic acid groups (broad SMARTS) is 1. The highest BCUT2D eigenvalue weighted by Gasteiger charge is 2.54. The van der Waals surface area contributed by atoms with Crippen LogP contribution in [0.2, 0.25) is 0 Å². The van der Waals surface area contributed by atoms with Crippen LogP contribution in [0.3, 0.4) is 0 Å². The molecule has 0 amide bonds. The molecule has 0 aliphatic heterocycles. The first-order valence-electron chi connectivity index (χ1n) is 8.17. The van der Waals surface area contributed by atoms with Crippen molar-refractivity contribution >= 4 is 5.97 Å². The number of benzene rings is 2. The molecule has 2 aromatic rings. The van der Waals surface area contributed by atoms with Crippen LogP contribution in [0.5, 0.6) is 0 Å². The maximum Gasteiger partial charge on any atom is 0.335 e. The van der Waals surface area contributed by atoms with Crippen molar-refractivity contribution < 1.29 is 14.3 Å². The first kappa shape index (κ1) is 16.7. The second-order valence-corrected chi connectivity index (χ2v) is 7.07. The van der Waals surface area contributed by atoms with E-state index in [0.29, 0.717) is 12.1 Å². The van der Waals surface area contributed by atoms with E-state index >= 15 is 0 Å². The fourth-order valence-corrected chi connectivity index (χ4v) is 3.38. The fourth-order valence-electron chi connectivity index (χ4n) is 3.38. The molecule has 0 bridgehead atoms. The summed E-state index contributed by atoms with van der Waals surface area (Å²) in [6, 6.07) is 13.7. The largest absolute Gasteiger partial charge is 0.478 e. The summed E-state index contributed by atoms with van der Waals surface area (Å²) in [6.45, 7) is 4.97. The topological polar surface area (TPSA) is 49.3 Å². The molecule has 0 atom stereocenters. The van der Waals surface area contributed by atoms with Crippen LogP contribution in [0.4, 0.5) is 4.39 Å². The lowest BCUT2D eigenvalue weighted by atomic mass is 9.75. The van der Waals surface area contributed by atoms with Gasteiger partial charge in [-0.05, 0) is 48.2 Å². The molecule has 4 heteroatoms. The molecule has 2 N–H and O–H groups in total. The summed E-state index contributed by atoms with van der Waals surface area (Å²) in [5, 5.41) is 12.7. The van der Waals surface area contributed by atoms with Gasteiger partial charge in [0, 0.05) is 17.5 Å². The Hall–Kier alpha value is -2.20. The summed E-state index contributed by atoms with van der Waals surface area (Å²) < 4.78 is 13.2. The highest BCUT2D eigenvalue weighted by atomic mass is 19.1. The molecule has 0 spiro atoms. The number of halogens is 1. The van der Waals surface area contributed by atoms with Gasteiger partial charge in [0.15, 0.2) is 0 Å². The zero-order valence-electron chi connectivity index (χ0n) is 14.0. The molecule has 0 aromatic heterocycles. The molecule has 1 saturated carbocycles. The van der Waals surface area contributed by atoms with Gasteiger partial charge in [-0.1, -0.05) is 38.1 Å². The minimum absolute atomic E-state index is 0.0376. The highest BCUT2D eigenvalue weighted by molar-refractivity contribution is 5.87. The molecule has 0 saturated heterocycles. The third-order valence-electron chi connectivity index (χ3n) is 5.32. The zero-order chi connectivity index (χ0) is 17.4. The van der Waals surface area contributed by atoms with Gasteiger partial charge < -0.3 is 10.4 Å². The average Bonchev–Trinajstić information content (AvgIpc) is 3.35. The summed E-state index contributed by atoms with van der Waals surface area (Å²) in [6.07, 6.45) is 2.10. The first-order chi connectivity index (χ1) is 11.3. The predicted molar refractivity (Wildman–Crippen MR) is 91.6 cm³/mol. The molecule has 1 aliphatic rings. The lowest BCUT2D eigenvalue weighted by molar-refractivity contribution is 0.0696. The standard InChI is InChI=1S/C20H22FNO2/c1-19(2,16-6-8-17(21)9-7-16)20(10-11-20)22-13-14-4-3-5-15(12-14)18(23)24/h3-9,12,22H,10-11,13H2,1-2H3,(H,23,24). The summed E-state index contributed by atoms with van der Waals surface area (Å²) in [5.41, 5.74) is 2.19. The molecule has 0 unspecified atom stereocenters. The summed E-state index contributed by atoms with van der Waals surface area (Å²) in [5.74, 6) is -1.14. The Morgan fingerprint density at radius 3 is 2.46 bits per heavy atom. The highest BCUT2D eigenvalue weighted by Crippen LogP contribution is 2.51. The van der Waals surface area contributed by atoms with Gasteiger partial charge in [0.25, 0.3) is 0 Å². The molecule has 2 aromatic carbocycles. The quantitative estimate of drug-likeness (QED) is 0.839. The first-order valence-corrected chi connectivity index (χ1v) is 8.17. The van der Waals surface area contributed by atoms with Crippen LogP contribution in [-0.2, 0) is 12.0 Å². The smallest absolute Gasteiger partial charge is 0.335 e. The van der Waals surface area contributed by atoms with E-state index in [1.165, 1.54) is 12.1 Å². The molecule has 1 aliphatic carbocycles. The SMILES string of the molecule is CC(C)(c1ccc(F)cc1)C1(NCc2cccc(C(=O)O)c2)CC1. The van der Waals surface area contributed by atoms with Crippen molar-refractivity contribution in [3.05, 3.63) is 71.0 Å². The molecule has 126 valence electrons. The van der Waals surface area contributed by atoms with Crippen LogP contribution in [0, 0.1) is 5.82 Å². The van der Waals surface area contributed by atoms with Crippen molar-refractivity contribution in [2.75, 3.05) is 0 Å². The lowest BCUT2D eigenvalue weighted by Crippen LogP contribution is -2.47. The van der Waals surface area contributed by atoms with Crippen LogP contribution in [0.1, 0.15) is 48.2 Å². The van der Waals surface area contributed by atoms with Gasteiger partial charge in [-0.25, -0.2) is 9.18 Å². The summed E-state index contributed by atoms with van der Waals surface area (Å²) in [4.78, 5) is 11.1. The van der Waals surface area contributed by atoms with E-state index in [1.54, 1.807) is 18.2 Å². The Morgan fingerprint density at radius 1 is 1.21 bits per heavy atom. The Balaban J connectivity index is 1.75. The van der Waals surface area contributed by atoms with Crippen molar-refractivity contribution in [1.29, 1.82) is 0 Å². The lowest BCUT2D eigenvalue weighted by Gasteiger charge is -2.36. The summed E-state index contributed by atoms with van der Waals surface area (Å²) in [7, 11) is 0. The Morgan fingerprint density at radius 2 is 1.88 bits per heavy atom. The molecule has 3 nitrogen and oxygen atoms in total. The van der Waals surface area contributed by atoms with E-state index in [-0.39, 0.29) is 16.8 Å². The minimum Gasteiger partial charge on any atom is -0.478 e. The number of carboxylic acids is 1. The van der Waals surface area contributed by atoms with Crippen LogP contribution >= 0.6 is 0 Å². The molecule has 0 heterocycles. The van der Waals surface area contributed by atoms with Gasteiger partial charge in [0.05, 0.1) is 5.56 Å². The minimum atomic E-state index is -0.912. The average molecular weight is 327 g/mol. The predicted octanol–water partition coefficient (Wildman–Crippen LogP) is 4.12. The van der Waals surface area contributed by atoms with Crippen LogP contribution in [0.15, 0.2) is 48.5 Å². The van der Waals surface area contributed by atoms with Crippen molar-refractivity contribution in [2.45, 2.75) is 44.2 Å². The molecule has 3 rings (SSSR count). The van der Waals surface area contributed by atoms with Crippen molar-refractivity contribution in [3.63, 3.8) is 0 Å². The number of hydrogen-bond donors (Lipinski definition) is 2. The van der Waals surface area contributed by atoms with Crippen molar-refractivity contribution in [2.24, 2.45) is 0 Å². The zero-order valence-corrected chi connectivity index (χ0v) is 14.0. The van der Waals surface area contributed by atoms with Gasteiger partial charge in [0.1, 0.15) is 5.82 Å². The Kier molecular flexibility index (Phi) is 4.18. The number of rotatable bonds is 6. The van der Waals surface area contributed by atoms with Crippen molar-refractivity contribution in [3.8, 4) is 0 Å². The van der Waals surface area contributed by atoms with E-state index in [9.17, 15) is 9.18 Å². The number of hydrogen-bond acceptors (Lipinski definition) is 2. The second-order valence-electron chi connectivity index (χ2n) is 7.07. The summed E-state index contributed by atoms with van der Waals surface area (Å²) >= 11 is 0. The van der Waals surface area contributed by atoms with Crippen molar-refractivity contribution in [1.82, 2.24) is 5.32 Å². The van der Waals surface area contributed by atoms with E-state index in [4.69, 9.17) is 5.11 Å². The van der Waals surface area contributed by atoms with Crippen LogP contribution in [0.25, 0.3) is 0 Å². The van der Waals surface area contributed by atoms with Gasteiger partial charge >= 0.3 is 5.97 Å². The number of nitrogens with one attached hydrogen (secondary N) is 1.